The van der Waals surface area contributed by atoms with Gasteiger partial charge in [0.15, 0.2) is 0 Å². The molecule has 0 bridgehead atoms. The van der Waals surface area contributed by atoms with Gasteiger partial charge in [-0.3, -0.25) is 0 Å². The van der Waals surface area contributed by atoms with Crippen molar-refractivity contribution < 1.29 is 14.7 Å². The average Bonchev–Trinajstić information content (AvgIpc) is 2.73. The fourth-order valence-corrected chi connectivity index (χ4v) is 3.57. The van der Waals surface area contributed by atoms with Crippen molar-refractivity contribution in [3.05, 3.63) is 0 Å². The fraction of sp³-hybridized carbons (Fsp3) is 0.846. The van der Waals surface area contributed by atoms with Gasteiger partial charge in [0, 0.05) is 11.3 Å². The Hall–Kier alpha value is -0.910. The van der Waals surface area contributed by atoms with Gasteiger partial charge in [0.1, 0.15) is 6.04 Å². The Labute approximate surface area is 118 Å². The number of carbonyl (C=O) groups excluding carboxylic acids is 1. The predicted octanol–water partition coefficient (Wildman–Crippen LogP) is 2.07. The maximum absolute atomic E-state index is 11.9. The monoisotopic (exact) mass is 288 g/mol. The van der Waals surface area contributed by atoms with E-state index < -0.39 is 12.0 Å². The topological polar surface area (TPSA) is 78.4 Å². The Bertz CT molecular complexity index is 323. The summed E-state index contributed by atoms with van der Waals surface area (Å²) >= 11 is 1.86. The maximum atomic E-state index is 11.9. The number of amides is 2. The van der Waals surface area contributed by atoms with Crippen molar-refractivity contribution in [2.24, 2.45) is 5.92 Å². The van der Waals surface area contributed by atoms with Gasteiger partial charge < -0.3 is 15.7 Å². The summed E-state index contributed by atoms with van der Waals surface area (Å²) in [6, 6.07) is -1.04. The van der Waals surface area contributed by atoms with Gasteiger partial charge >= 0.3 is 12.0 Å². The third-order valence-electron chi connectivity index (χ3n) is 3.37. The van der Waals surface area contributed by atoms with Crippen LogP contribution in [0, 0.1) is 5.92 Å². The normalized spacial score (nSPS) is 24.2. The average molecular weight is 288 g/mol. The maximum Gasteiger partial charge on any atom is 0.326 e. The highest BCUT2D eigenvalue weighted by molar-refractivity contribution is 7.99. The molecule has 1 aliphatic rings. The number of carbonyl (C=O) groups is 2. The summed E-state index contributed by atoms with van der Waals surface area (Å²) in [5.74, 6) is -0.0857. The van der Waals surface area contributed by atoms with E-state index in [2.05, 4.69) is 17.6 Å². The van der Waals surface area contributed by atoms with Crippen LogP contribution in [-0.4, -0.2) is 40.2 Å². The highest BCUT2D eigenvalue weighted by atomic mass is 32.2. The molecule has 0 radical (unpaired) electrons. The van der Waals surface area contributed by atoms with Gasteiger partial charge in [-0.1, -0.05) is 27.2 Å². The van der Waals surface area contributed by atoms with E-state index >= 15 is 0 Å². The molecule has 3 atom stereocenters. The zero-order chi connectivity index (χ0) is 14.4. The minimum Gasteiger partial charge on any atom is -0.480 e. The van der Waals surface area contributed by atoms with Gasteiger partial charge in [-0.25, -0.2) is 9.59 Å². The van der Waals surface area contributed by atoms with E-state index in [1.54, 1.807) is 13.8 Å². The van der Waals surface area contributed by atoms with Crippen molar-refractivity contribution in [3.63, 3.8) is 0 Å². The molecular weight excluding hydrogens is 264 g/mol. The van der Waals surface area contributed by atoms with Crippen molar-refractivity contribution in [3.8, 4) is 0 Å². The Kier molecular flexibility index (Phi) is 6.48. The number of hydrogen-bond donors (Lipinski definition) is 3. The smallest absolute Gasteiger partial charge is 0.326 e. The summed E-state index contributed by atoms with van der Waals surface area (Å²) in [5.41, 5.74) is 0. The van der Waals surface area contributed by atoms with Crippen molar-refractivity contribution in [1.29, 1.82) is 0 Å². The molecule has 1 fully saturated rings. The lowest BCUT2D eigenvalue weighted by Gasteiger charge is -2.23. The number of carboxylic acid groups (broad SMARTS) is 1. The van der Waals surface area contributed by atoms with Crippen LogP contribution in [0.3, 0.4) is 0 Å². The van der Waals surface area contributed by atoms with Crippen LogP contribution in [0.1, 0.15) is 40.0 Å². The van der Waals surface area contributed by atoms with Gasteiger partial charge in [0.25, 0.3) is 0 Å². The molecule has 19 heavy (non-hydrogen) atoms. The molecule has 0 aliphatic heterocycles. The molecule has 2 amide bonds. The molecule has 0 saturated heterocycles. The largest absolute Gasteiger partial charge is 0.480 e. The van der Waals surface area contributed by atoms with Gasteiger partial charge in [-0.15, -0.1) is 0 Å². The van der Waals surface area contributed by atoms with Crippen molar-refractivity contribution in [2.75, 3.05) is 5.75 Å². The molecule has 5 nitrogen and oxygen atoms in total. The zero-order valence-electron chi connectivity index (χ0n) is 11.8. The van der Waals surface area contributed by atoms with Crippen LogP contribution in [0.4, 0.5) is 4.79 Å². The van der Waals surface area contributed by atoms with Crippen molar-refractivity contribution in [2.45, 2.75) is 57.4 Å². The number of nitrogens with one attached hydrogen (secondary N) is 2. The van der Waals surface area contributed by atoms with E-state index in [4.69, 9.17) is 5.11 Å². The molecule has 6 heteroatoms. The van der Waals surface area contributed by atoms with Crippen LogP contribution in [-0.2, 0) is 4.79 Å². The second-order valence-electron chi connectivity index (χ2n) is 5.21. The van der Waals surface area contributed by atoms with Crippen LogP contribution < -0.4 is 10.6 Å². The van der Waals surface area contributed by atoms with Crippen LogP contribution in [0.2, 0.25) is 0 Å². The Morgan fingerprint density at radius 1 is 1.37 bits per heavy atom. The lowest BCUT2D eigenvalue weighted by molar-refractivity contribution is -0.140. The molecule has 0 aromatic carbocycles. The van der Waals surface area contributed by atoms with E-state index in [1.807, 2.05) is 11.8 Å². The summed E-state index contributed by atoms with van der Waals surface area (Å²) in [4.78, 5) is 22.9. The number of aliphatic carboxylic acids is 1. The fourth-order valence-electron chi connectivity index (χ4n) is 2.37. The first kappa shape index (κ1) is 16.1. The Morgan fingerprint density at radius 2 is 2.05 bits per heavy atom. The van der Waals surface area contributed by atoms with E-state index in [0.717, 1.165) is 25.0 Å². The highest BCUT2D eigenvalue weighted by Gasteiger charge is 2.30. The number of thioether (sulfide) groups is 1. The van der Waals surface area contributed by atoms with E-state index in [-0.39, 0.29) is 18.0 Å². The third-order valence-corrected chi connectivity index (χ3v) is 4.69. The standard InChI is InChI=1S/C13H24N2O3S/c1-4-19-10-7-5-6-9(10)14-13(18)15-11(8(2)3)12(16)17/h8-11H,4-7H2,1-3H3,(H,16,17)(H2,14,15,18)/t9?,10?,11-/m1/s1. The first-order valence-electron chi connectivity index (χ1n) is 6.87. The van der Waals surface area contributed by atoms with Crippen LogP contribution in [0.25, 0.3) is 0 Å². The van der Waals surface area contributed by atoms with Crippen LogP contribution in [0.15, 0.2) is 0 Å². The first-order valence-corrected chi connectivity index (χ1v) is 7.92. The molecule has 0 spiro atoms. The molecule has 0 heterocycles. The number of urea groups is 1. The lowest BCUT2D eigenvalue weighted by Crippen LogP contribution is -2.52. The summed E-state index contributed by atoms with van der Waals surface area (Å²) in [6.45, 7) is 5.67. The summed E-state index contributed by atoms with van der Waals surface area (Å²) in [7, 11) is 0. The summed E-state index contributed by atoms with van der Waals surface area (Å²) in [5, 5.41) is 15.0. The zero-order valence-corrected chi connectivity index (χ0v) is 12.6. The van der Waals surface area contributed by atoms with E-state index in [0.29, 0.717) is 5.25 Å². The molecule has 1 saturated carbocycles. The predicted molar refractivity (Wildman–Crippen MR) is 77.5 cm³/mol. The minimum absolute atomic E-state index is 0.132. The SMILES string of the molecule is CCSC1CCCC1NC(=O)N[C@@H](C(=O)O)C(C)C. The van der Waals surface area contributed by atoms with Crippen LogP contribution in [0.5, 0.6) is 0 Å². The third kappa shape index (κ3) is 4.93. The van der Waals surface area contributed by atoms with E-state index in [1.165, 1.54) is 0 Å². The summed E-state index contributed by atoms with van der Waals surface area (Å²) in [6.07, 6.45) is 3.22. The molecule has 0 aromatic rings. The molecule has 1 aliphatic carbocycles. The Morgan fingerprint density at radius 3 is 2.58 bits per heavy atom. The van der Waals surface area contributed by atoms with Gasteiger partial charge in [0.05, 0.1) is 0 Å². The van der Waals surface area contributed by atoms with Gasteiger partial charge in [0.2, 0.25) is 0 Å². The Balaban J connectivity index is 2.47. The molecule has 2 unspecified atom stereocenters. The number of carboxylic acids is 1. The molecular formula is C13H24N2O3S. The second kappa shape index (κ2) is 7.62. The van der Waals surface area contributed by atoms with Crippen LogP contribution >= 0.6 is 11.8 Å². The minimum atomic E-state index is -0.990. The number of rotatable bonds is 6. The molecule has 1 rings (SSSR count). The van der Waals surface area contributed by atoms with Gasteiger partial charge in [-0.2, -0.15) is 11.8 Å². The van der Waals surface area contributed by atoms with E-state index in [9.17, 15) is 9.59 Å². The summed E-state index contributed by atoms with van der Waals surface area (Å²) < 4.78 is 0. The molecule has 3 N–H and O–H groups in total. The number of hydrogen-bond acceptors (Lipinski definition) is 3. The van der Waals surface area contributed by atoms with Crippen molar-refractivity contribution >= 4 is 23.8 Å². The lowest BCUT2D eigenvalue weighted by atomic mass is 10.1. The first-order chi connectivity index (χ1) is 8.95. The quantitative estimate of drug-likeness (QED) is 0.699. The molecule has 110 valence electrons. The second-order valence-corrected chi connectivity index (χ2v) is 6.73. The molecule has 0 aromatic heterocycles. The highest BCUT2D eigenvalue weighted by Crippen LogP contribution is 2.29. The van der Waals surface area contributed by atoms with Crippen molar-refractivity contribution in [1.82, 2.24) is 10.6 Å². The van der Waals surface area contributed by atoms with Gasteiger partial charge in [-0.05, 0) is 24.5 Å².